The minimum Gasteiger partial charge on any atom is -0.492 e. The van der Waals surface area contributed by atoms with Crippen LogP contribution in [0.3, 0.4) is 0 Å². The SMILES string of the molecule is CCCc1ccc(OCCNC(=O)CN(c2ccc(F)cc2)S(C)(=O)=O)cc1. The molecule has 0 fully saturated rings. The van der Waals surface area contributed by atoms with Crippen LogP contribution in [0, 0.1) is 5.82 Å². The average molecular weight is 408 g/mol. The van der Waals surface area contributed by atoms with Crippen molar-refractivity contribution in [2.45, 2.75) is 19.8 Å². The van der Waals surface area contributed by atoms with Crippen LogP contribution < -0.4 is 14.4 Å². The first-order chi connectivity index (χ1) is 13.3. The maximum Gasteiger partial charge on any atom is 0.240 e. The van der Waals surface area contributed by atoms with Crippen LogP contribution in [0.25, 0.3) is 0 Å². The van der Waals surface area contributed by atoms with Gasteiger partial charge in [0, 0.05) is 0 Å². The minimum atomic E-state index is -3.69. The molecule has 152 valence electrons. The molecule has 0 heterocycles. The largest absolute Gasteiger partial charge is 0.492 e. The monoisotopic (exact) mass is 408 g/mol. The van der Waals surface area contributed by atoms with Gasteiger partial charge in [0.1, 0.15) is 24.7 Å². The quantitative estimate of drug-likeness (QED) is 0.614. The molecule has 2 rings (SSSR count). The van der Waals surface area contributed by atoms with Crippen molar-refractivity contribution in [3.05, 3.63) is 59.9 Å². The van der Waals surface area contributed by atoms with Gasteiger partial charge >= 0.3 is 0 Å². The van der Waals surface area contributed by atoms with E-state index in [1.165, 1.54) is 17.7 Å². The summed E-state index contributed by atoms with van der Waals surface area (Å²) in [4.78, 5) is 12.1. The van der Waals surface area contributed by atoms with Gasteiger partial charge in [-0.15, -0.1) is 0 Å². The molecule has 0 aliphatic heterocycles. The van der Waals surface area contributed by atoms with Crippen LogP contribution in [0.2, 0.25) is 0 Å². The Morgan fingerprint density at radius 2 is 1.75 bits per heavy atom. The maximum atomic E-state index is 13.1. The van der Waals surface area contributed by atoms with Crippen LogP contribution in [0.5, 0.6) is 5.75 Å². The summed E-state index contributed by atoms with van der Waals surface area (Å²) >= 11 is 0. The first kappa shape index (κ1) is 21.7. The van der Waals surface area contributed by atoms with Crippen LogP contribution in [-0.4, -0.2) is 40.3 Å². The molecular weight excluding hydrogens is 383 g/mol. The lowest BCUT2D eigenvalue weighted by atomic mass is 10.1. The summed E-state index contributed by atoms with van der Waals surface area (Å²) < 4.78 is 43.5. The molecule has 0 bridgehead atoms. The normalized spacial score (nSPS) is 11.1. The fraction of sp³-hybridized carbons (Fsp3) is 0.350. The van der Waals surface area contributed by atoms with Crippen LogP contribution in [-0.2, 0) is 21.2 Å². The van der Waals surface area contributed by atoms with Gasteiger partial charge in [-0.25, -0.2) is 12.8 Å². The molecule has 1 N–H and O–H groups in total. The summed E-state index contributed by atoms with van der Waals surface area (Å²) in [5.74, 6) is -0.253. The number of rotatable bonds is 10. The molecule has 8 heteroatoms. The second-order valence-corrected chi connectivity index (χ2v) is 8.25. The zero-order valence-corrected chi connectivity index (χ0v) is 16.8. The number of amides is 1. The molecule has 0 spiro atoms. The van der Waals surface area contributed by atoms with E-state index in [1.54, 1.807) is 0 Å². The van der Waals surface area contributed by atoms with E-state index in [1.807, 2.05) is 24.3 Å². The average Bonchev–Trinajstić information content (AvgIpc) is 2.65. The molecule has 0 saturated heterocycles. The Hall–Kier alpha value is -2.61. The van der Waals surface area contributed by atoms with Crippen molar-refractivity contribution in [3.8, 4) is 5.75 Å². The number of hydrogen-bond donors (Lipinski definition) is 1. The fourth-order valence-corrected chi connectivity index (χ4v) is 3.45. The molecule has 0 radical (unpaired) electrons. The van der Waals surface area contributed by atoms with Gasteiger partial charge in [-0.05, 0) is 48.4 Å². The number of nitrogens with one attached hydrogen (secondary N) is 1. The van der Waals surface area contributed by atoms with Crippen molar-refractivity contribution in [1.29, 1.82) is 0 Å². The number of hydrogen-bond acceptors (Lipinski definition) is 4. The molecule has 0 saturated carbocycles. The van der Waals surface area contributed by atoms with Gasteiger partial charge in [-0.3, -0.25) is 9.10 Å². The summed E-state index contributed by atoms with van der Waals surface area (Å²) in [6.45, 7) is 2.22. The van der Waals surface area contributed by atoms with E-state index in [-0.39, 0.29) is 18.8 Å². The number of anilines is 1. The van der Waals surface area contributed by atoms with Crippen molar-refractivity contribution in [1.82, 2.24) is 5.32 Å². The predicted molar refractivity (Wildman–Crippen MR) is 108 cm³/mol. The number of halogens is 1. The molecule has 0 aromatic heterocycles. The van der Waals surface area contributed by atoms with Gasteiger partial charge < -0.3 is 10.1 Å². The smallest absolute Gasteiger partial charge is 0.240 e. The molecular formula is C20H25FN2O4S. The number of ether oxygens (including phenoxy) is 1. The highest BCUT2D eigenvalue weighted by molar-refractivity contribution is 7.92. The third-order valence-corrected chi connectivity index (χ3v) is 5.10. The Kier molecular flexibility index (Phi) is 7.80. The van der Waals surface area contributed by atoms with Gasteiger partial charge in [-0.2, -0.15) is 0 Å². The molecule has 0 aliphatic carbocycles. The van der Waals surface area contributed by atoms with E-state index in [2.05, 4.69) is 12.2 Å². The number of aryl methyl sites for hydroxylation is 1. The van der Waals surface area contributed by atoms with Gasteiger partial charge in [0.25, 0.3) is 0 Å². The van der Waals surface area contributed by atoms with Gasteiger partial charge in [0.05, 0.1) is 18.5 Å². The molecule has 2 aromatic carbocycles. The van der Waals surface area contributed by atoms with Crippen molar-refractivity contribution in [2.24, 2.45) is 0 Å². The number of benzene rings is 2. The van der Waals surface area contributed by atoms with Crippen LogP contribution in [0.4, 0.5) is 10.1 Å². The summed E-state index contributed by atoms with van der Waals surface area (Å²) in [6, 6.07) is 12.7. The Morgan fingerprint density at radius 3 is 2.32 bits per heavy atom. The molecule has 0 atom stereocenters. The summed E-state index contributed by atoms with van der Waals surface area (Å²) in [5.41, 5.74) is 1.47. The summed E-state index contributed by atoms with van der Waals surface area (Å²) in [5, 5.41) is 2.62. The first-order valence-corrected chi connectivity index (χ1v) is 10.9. The van der Waals surface area contributed by atoms with E-state index >= 15 is 0 Å². The minimum absolute atomic E-state index is 0.225. The lowest BCUT2D eigenvalue weighted by Gasteiger charge is -2.21. The van der Waals surface area contributed by atoms with E-state index in [0.717, 1.165) is 35.5 Å². The highest BCUT2D eigenvalue weighted by Crippen LogP contribution is 2.17. The molecule has 28 heavy (non-hydrogen) atoms. The lowest BCUT2D eigenvalue weighted by molar-refractivity contribution is -0.119. The Labute approximate surface area is 165 Å². The number of carbonyl (C=O) groups excluding carboxylic acids is 1. The molecule has 0 aliphatic rings. The third kappa shape index (κ3) is 6.84. The predicted octanol–water partition coefficient (Wildman–Crippen LogP) is 2.74. The second-order valence-electron chi connectivity index (χ2n) is 6.34. The van der Waals surface area contributed by atoms with Crippen molar-refractivity contribution in [2.75, 3.05) is 30.3 Å². The van der Waals surface area contributed by atoms with Gasteiger partial charge in [-0.1, -0.05) is 25.5 Å². The maximum absolute atomic E-state index is 13.1. The number of carbonyl (C=O) groups is 1. The third-order valence-electron chi connectivity index (χ3n) is 3.96. The van der Waals surface area contributed by atoms with Crippen LogP contribution in [0.1, 0.15) is 18.9 Å². The first-order valence-electron chi connectivity index (χ1n) is 9.01. The fourth-order valence-electron chi connectivity index (χ4n) is 2.59. The number of nitrogens with zero attached hydrogens (tertiary/aromatic N) is 1. The Bertz CT molecular complexity index is 868. The highest BCUT2D eigenvalue weighted by atomic mass is 32.2. The van der Waals surface area contributed by atoms with Gasteiger partial charge in [0.15, 0.2) is 0 Å². The van der Waals surface area contributed by atoms with Crippen LogP contribution >= 0.6 is 0 Å². The van der Waals surface area contributed by atoms with E-state index in [0.29, 0.717) is 5.75 Å². The van der Waals surface area contributed by atoms with Crippen molar-refractivity contribution in [3.63, 3.8) is 0 Å². The summed E-state index contributed by atoms with van der Waals surface area (Å²) in [7, 11) is -3.69. The molecule has 2 aromatic rings. The molecule has 1 amide bonds. The Morgan fingerprint density at radius 1 is 1.11 bits per heavy atom. The Balaban J connectivity index is 1.83. The number of sulfonamides is 1. The molecule has 0 unspecified atom stereocenters. The van der Waals surface area contributed by atoms with Crippen molar-refractivity contribution >= 4 is 21.6 Å². The van der Waals surface area contributed by atoms with Crippen LogP contribution in [0.15, 0.2) is 48.5 Å². The topological polar surface area (TPSA) is 75.7 Å². The zero-order valence-electron chi connectivity index (χ0n) is 16.0. The van der Waals surface area contributed by atoms with Gasteiger partial charge in [0.2, 0.25) is 15.9 Å². The van der Waals surface area contributed by atoms with E-state index < -0.39 is 28.3 Å². The second kappa shape index (κ2) is 10.1. The van der Waals surface area contributed by atoms with E-state index in [4.69, 9.17) is 4.74 Å². The summed E-state index contributed by atoms with van der Waals surface area (Å²) in [6.07, 6.45) is 3.09. The van der Waals surface area contributed by atoms with E-state index in [9.17, 15) is 17.6 Å². The highest BCUT2D eigenvalue weighted by Gasteiger charge is 2.20. The van der Waals surface area contributed by atoms with Crippen molar-refractivity contribution < 1.29 is 22.3 Å². The zero-order chi connectivity index (χ0) is 20.6. The standard InChI is InChI=1S/C20H25FN2O4S/c1-3-4-16-5-11-19(12-6-16)27-14-13-22-20(24)15-23(28(2,25)26)18-9-7-17(21)8-10-18/h5-12H,3-4,13-15H2,1-2H3,(H,22,24). The molecule has 6 nitrogen and oxygen atoms in total. The lowest BCUT2D eigenvalue weighted by Crippen LogP contribution is -2.41.